The normalized spacial score (nSPS) is 14.1. The number of hydrogen-bond donors (Lipinski definition) is 1. The first-order chi connectivity index (χ1) is 12.8. The van der Waals surface area contributed by atoms with E-state index in [4.69, 9.17) is 9.47 Å². The molecule has 1 aliphatic rings. The van der Waals surface area contributed by atoms with Gasteiger partial charge in [-0.25, -0.2) is 4.98 Å². The maximum Gasteiger partial charge on any atom is 0.218 e. The van der Waals surface area contributed by atoms with Gasteiger partial charge in [0, 0.05) is 45.6 Å². The van der Waals surface area contributed by atoms with E-state index in [1.54, 1.807) is 13.3 Å². The van der Waals surface area contributed by atoms with E-state index in [9.17, 15) is 0 Å². The summed E-state index contributed by atoms with van der Waals surface area (Å²) in [6, 6.07) is 12.5. The molecular formula is C20H26N4O2. The summed E-state index contributed by atoms with van der Waals surface area (Å²) >= 11 is 0. The number of benzene rings is 1. The average molecular weight is 354 g/mol. The Balaban J connectivity index is 1.62. The molecule has 0 aliphatic carbocycles. The number of methoxy groups -OCH3 is 1. The van der Waals surface area contributed by atoms with Crippen molar-refractivity contribution in [2.24, 2.45) is 4.99 Å². The van der Waals surface area contributed by atoms with E-state index < -0.39 is 0 Å². The zero-order valence-corrected chi connectivity index (χ0v) is 15.4. The summed E-state index contributed by atoms with van der Waals surface area (Å²) in [5.74, 6) is 1.53. The highest BCUT2D eigenvalue weighted by molar-refractivity contribution is 5.80. The van der Waals surface area contributed by atoms with E-state index in [0.717, 1.165) is 31.0 Å². The van der Waals surface area contributed by atoms with Gasteiger partial charge in [-0.1, -0.05) is 30.3 Å². The van der Waals surface area contributed by atoms with E-state index in [0.29, 0.717) is 25.6 Å². The lowest BCUT2D eigenvalue weighted by Gasteiger charge is -2.31. The van der Waals surface area contributed by atoms with Gasteiger partial charge in [-0.05, 0) is 23.6 Å². The molecule has 1 aromatic carbocycles. The molecular weight excluding hydrogens is 328 g/mol. The molecule has 1 aliphatic heterocycles. The Morgan fingerprint density at radius 1 is 1.19 bits per heavy atom. The number of rotatable bonds is 6. The molecule has 0 unspecified atom stereocenters. The fraction of sp³-hybridized carbons (Fsp3) is 0.400. The Morgan fingerprint density at radius 3 is 2.85 bits per heavy atom. The summed E-state index contributed by atoms with van der Waals surface area (Å²) < 4.78 is 10.7. The van der Waals surface area contributed by atoms with Crippen molar-refractivity contribution in [3.63, 3.8) is 0 Å². The molecule has 1 aromatic heterocycles. The van der Waals surface area contributed by atoms with E-state index in [1.807, 2.05) is 19.2 Å². The summed E-state index contributed by atoms with van der Waals surface area (Å²) in [4.78, 5) is 11.1. The predicted molar refractivity (Wildman–Crippen MR) is 102 cm³/mol. The van der Waals surface area contributed by atoms with E-state index in [-0.39, 0.29) is 0 Å². The van der Waals surface area contributed by atoms with Crippen LogP contribution in [-0.4, -0.2) is 49.8 Å². The van der Waals surface area contributed by atoms with Crippen molar-refractivity contribution in [3.8, 4) is 5.88 Å². The fourth-order valence-corrected chi connectivity index (χ4v) is 3.09. The third-order valence-corrected chi connectivity index (χ3v) is 4.46. The maximum atomic E-state index is 5.71. The second kappa shape index (κ2) is 9.20. The van der Waals surface area contributed by atoms with Crippen molar-refractivity contribution in [1.82, 2.24) is 15.2 Å². The predicted octanol–water partition coefficient (Wildman–Crippen LogP) is 2.24. The molecule has 0 amide bonds. The minimum absolute atomic E-state index is 0.484. The van der Waals surface area contributed by atoms with Crippen molar-refractivity contribution < 1.29 is 9.47 Å². The molecule has 0 bridgehead atoms. The summed E-state index contributed by atoms with van der Waals surface area (Å²) in [6.07, 6.45) is 2.77. The van der Waals surface area contributed by atoms with E-state index >= 15 is 0 Å². The summed E-state index contributed by atoms with van der Waals surface area (Å²) in [5.41, 5.74) is 3.80. The van der Waals surface area contributed by atoms with Gasteiger partial charge < -0.3 is 19.7 Å². The molecule has 0 saturated carbocycles. The van der Waals surface area contributed by atoms with Gasteiger partial charge in [0.25, 0.3) is 0 Å². The zero-order chi connectivity index (χ0) is 18.2. The van der Waals surface area contributed by atoms with Crippen LogP contribution in [0.15, 0.2) is 47.6 Å². The number of aliphatic imine (C=N–C) groups is 1. The van der Waals surface area contributed by atoms with Crippen LogP contribution in [0.1, 0.15) is 16.7 Å². The first-order valence-electron chi connectivity index (χ1n) is 8.90. The number of nitrogens with zero attached hydrogens (tertiary/aromatic N) is 3. The smallest absolute Gasteiger partial charge is 0.218 e. The van der Waals surface area contributed by atoms with Crippen LogP contribution in [0.3, 0.4) is 0 Å². The van der Waals surface area contributed by atoms with Crippen molar-refractivity contribution in [2.75, 3.05) is 33.9 Å². The number of fused-ring (bicyclic) bond motifs is 1. The summed E-state index contributed by atoms with van der Waals surface area (Å²) in [6.45, 7) is 3.47. The van der Waals surface area contributed by atoms with Gasteiger partial charge in [0.05, 0.1) is 6.61 Å². The molecule has 0 fully saturated rings. The Kier molecular flexibility index (Phi) is 6.44. The summed E-state index contributed by atoms with van der Waals surface area (Å²) in [7, 11) is 3.48. The lowest BCUT2D eigenvalue weighted by Crippen LogP contribution is -2.43. The molecule has 3 rings (SSSR count). The lowest BCUT2D eigenvalue weighted by molar-refractivity contribution is 0.143. The molecule has 138 valence electrons. The monoisotopic (exact) mass is 354 g/mol. The standard InChI is InChI=1S/C20H26N4O2/c1-21-20(24-11-9-16-6-3-4-7-18(16)15-24)23-14-17-8-5-10-22-19(17)26-13-12-25-2/h3-8,10H,9,11-15H2,1-2H3,(H,21,23). The van der Waals surface area contributed by atoms with Crippen molar-refractivity contribution in [2.45, 2.75) is 19.5 Å². The second-order valence-electron chi connectivity index (χ2n) is 6.15. The van der Waals surface area contributed by atoms with Crippen LogP contribution in [0.5, 0.6) is 5.88 Å². The number of ether oxygens (including phenoxy) is 2. The number of pyridine rings is 1. The van der Waals surface area contributed by atoms with Gasteiger partial charge in [-0.2, -0.15) is 0 Å². The van der Waals surface area contributed by atoms with Crippen LogP contribution in [0.2, 0.25) is 0 Å². The number of nitrogens with one attached hydrogen (secondary N) is 1. The molecule has 1 N–H and O–H groups in total. The largest absolute Gasteiger partial charge is 0.475 e. The van der Waals surface area contributed by atoms with E-state index in [1.165, 1.54) is 11.1 Å². The first-order valence-corrected chi connectivity index (χ1v) is 8.90. The number of hydrogen-bond acceptors (Lipinski definition) is 4. The van der Waals surface area contributed by atoms with Crippen LogP contribution in [0.25, 0.3) is 0 Å². The molecule has 2 aromatic rings. The first kappa shape index (κ1) is 18.2. The highest BCUT2D eigenvalue weighted by atomic mass is 16.5. The fourth-order valence-electron chi connectivity index (χ4n) is 3.09. The maximum absolute atomic E-state index is 5.71. The average Bonchev–Trinajstić information content (AvgIpc) is 2.69. The van der Waals surface area contributed by atoms with Crippen LogP contribution < -0.4 is 10.1 Å². The Morgan fingerprint density at radius 2 is 2.04 bits per heavy atom. The third-order valence-electron chi connectivity index (χ3n) is 4.46. The molecule has 0 atom stereocenters. The second-order valence-corrected chi connectivity index (χ2v) is 6.15. The minimum Gasteiger partial charge on any atom is -0.475 e. The Bertz CT molecular complexity index is 748. The van der Waals surface area contributed by atoms with Gasteiger partial charge in [0.15, 0.2) is 5.96 Å². The number of guanidine groups is 1. The molecule has 2 heterocycles. The van der Waals surface area contributed by atoms with Gasteiger partial charge in [-0.3, -0.25) is 4.99 Å². The molecule has 0 saturated heterocycles. The molecule has 6 heteroatoms. The molecule has 6 nitrogen and oxygen atoms in total. The quantitative estimate of drug-likeness (QED) is 0.490. The number of aromatic nitrogens is 1. The third kappa shape index (κ3) is 4.52. The molecule has 0 radical (unpaired) electrons. The van der Waals surface area contributed by atoms with Crippen LogP contribution >= 0.6 is 0 Å². The molecule has 26 heavy (non-hydrogen) atoms. The van der Waals surface area contributed by atoms with E-state index in [2.05, 4.69) is 44.5 Å². The van der Waals surface area contributed by atoms with Crippen molar-refractivity contribution in [3.05, 3.63) is 59.3 Å². The summed E-state index contributed by atoms with van der Waals surface area (Å²) in [5, 5.41) is 3.44. The highest BCUT2D eigenvalue weighted by Crippen LogP contribution is 2.19. The van der Waals surface area contributed by atoms with Gasteiger partial charge >= 0.3 is 0 Å². The van der Waals surface area contributed by atoms with Gasteiger partial charge in [-0.15, -0.1) is 0 Å². The van der Waals surface area contributed by atoms with Gasteiger partial charge in [0.1, 0.15) is 6.61 Å². The van der Waals surface area contributed by atoms with Crippen molar-refractivity contribution >= 4 is 5.96 Å². The van der Waals surface area contributed by atoms with Gasteiger partial charge in [0.2, 0.25) is 5.88 Å². The zero-order valence-electron chi connectivity index (χ0n) is 15.4. The van der Waals surface area contributed by atoms with Crippen LogP contribution in [0.4, 0.5) is 0 Å². The SMILES string of the molecule is CN=C(NCc1cccnc1OCCOC)N1CCc2ccccc2C1. The molecule has 0 spiro atoms. The van der Waals surface area contributed by atoms with Crippen LogP contribution in [-0.2, 0) is 24.2 Å². The highest BCUT2D eigenvalue weighted by Gasteiger charge is 2.18. The topological polar surface area (TPSA) is 59.0 Å². The Labute approximate surface area is 154 Å². The Hall–Kier alpha value is -2.60. The van der Waals surface area contributed by atoms with Crippen molar-refractivity contribution in [1.29, 1.82) is 0 Å². The van der Waals surface area contributed by atoms with Crippen LogP contribution in [0, 0.1) is 0 Å². The lowest BCUT2D eigenvalue weighted by atomic mass is 10.0. The minimum atomic E-state index is 0.484.